The van der Waals surface area contributed by atoms with Gasteiger partial charge in [-0.1, -0.05) is 18.2 Å². The number of aryl methyl sites for hydroxylation is 2. The van der Waals surface area contributed by atoms with Crippen molar-refractivity contribution in [1.82, 2.24) is 0 Å². The number of anilines is 1. The van der Waals surface area contributed by atoms with Crippen molar-refractivity contribution in [3.05, 3.63) is 29.3 Å². The molecule has 2 N–H and O–H groups in total. The fourth-order valence-corrected chi connectivity index (χ4v) is 3.11. The molecular weight excluding hydrogens is 208 g/mol. The van der Waals surface area contributed by atoms with Crippen LogP contribution in [0.4, 0.5) is 5.69 Å². The first-order valence-corrected chi connectivity index (χ1v) is 6.68. The smallest absolute Gasteiger partial charge is 0.0428 e. The van der Waals surface area contributed by atoms with Crippen LogP contribution in [0.1, 0.15) is 30.9 Å². The van der Waals surface area contributed by atoms with E-state index in [0.717, 1.165) is 6.54 Å². The second-order valence-electron chi connectivity index (χ2n) is 5.31. The van der Waals surface area contributed by atoms with Crippen molar-refractivity contribution in [2.75, 3.05) is 18.0 Å². The van der Waals surface area contributed by atoms with Crippen molar-refractivity contribution in [2.45, 2.75) is 39.7 Å². The summed E-state index contributed by atoms with van der Waals surface area (Å²) in [5, 5.41) is 0. The molecular formula is C15H24N2. The van der Waals surface area contributed by atoms with Crippen molar-refractivity contribution in [1.29, 1.82) is 0 Å². The first-order valence-electron chi connectivity index (χ1n) is 6.68. The SMILES string of the molecule is Cc1cccc(C)c1N1CCC[C@H](CN)[C@H]1C. The molecule has 0 bridgehead atoms. The first kappa shape index (κ1) is 12.4. The molecule has 1 aliphatic heterocycles. The van der Waals surface area contributed by atoms with E-state index < -0.39 is 0 Å². The molecule has 0 unspecified atom stereocenters. The molecule has 0 aromatic heterocycles. The largest absolute Gasteiger partial charge is 0.368 e. The van der Waals surface area contributed by atoms with Crippen LogP contribution in [-0.2, 0) is 0 Å². The minimum absolute atomic E-state index is 0.563. The monoisotopic (exact) mass is 232 g/mol. The van der Waals surface area contributed by atoms with E-state index in [1.54, 1.807) is 0 Å². The average Bonchev–Trinajstić information content (AvgIpc) is 2.31. The van der Waals surface area contributed by atoms with E-state index in [4.69, 9.17) is 5.73 Å². The van der Waals surface area contributed by atoms with E-state index in [9.17, 15) is 0 Å². The summed E-state index contributed by atoms with van der Waals surface area (Å²) in [6.45, 7) is 8.72. The maximum Gasteiger partial charge on any atom is 0.0428 e. The minimum Gasteiger partial charge on any atom is -0.368 e. The second kappa shape index (κ2) is 5.09. The lowest BCUT2D eigenvalue weighted by Crippen LogP contribution is -2.46. The van der Waals surface area contributed by atoms with Crippen LogP contribution < -0.4 is 10.6 Å². The number of rotatable bonds is 2. The Morgan fingerprint density at radius 3 is 2.53 bits per heavy atom. The maximum atomic E-state index is 5.88. The van der Waals surface area contributed by atoms with Crippen molar-refractivity contribution in [2.24, 2.45) is 11.7 Å². The molecule has 1 fully saturated rings. The average molecular weight is 232 g/mol. The Morgan fingerprint density at radius 1 is 1.29 bits per heavy atom. The predicted octanol–water partition coefficient (Wildman–Crippen LogP) is 2.87. The van der Waals surface area contributed by atoms with E-state index in [1.165, 1.54) is 36.2 Å². The lowest BCUT2D eigenvalue weighted by Gasteiger charge is -2.42. The lowest BCUT2D eigenvalue weighted by molar-refractivity contribution is 0.345. The van der Waals surface area contributed by atoms with E-state index >= 15 is 0 Å². The van der Waals surface area contributed by atoms with E-state index in [-0.39, 0.29) is 0 Å². The number of hydrogen-bond acceptors (Lipinski definition) is 2. The molecule has 1 aliphatic rings. The number of benzene rings is 1. The molecule has 1 aromatic rings. The molecule has 1 saturated heterocycles. The molecule has 0 spiro atoms. The van der Waals surface area contributed by atoms with Gasteiger partial charge in [0.05, 0.1) is 0 Å². The molecule has 2 heteroatoms. The van der Waals surface area contributed by atoms with Crippen molar-refractivity contribution >= 4 is 5.69 Å². The van der Waals surface area contributed by atoms with Gasteiger partial charge < -0.3 is 10.6 Å². The van der Waals surface area contributed by atoms with Crippen LogP contribution in [0.3, 0.4) is 0 Å². The maximum absolute atomic E-state index is 5.88. The zero-order valence-electron chi connectivity index (χ0n) is 11.2. The Morgan fingerprint density at radius 2 is 1.94 bits per heavy atom. The van der Waals surface area contributed by atoms with Gasteiger partial charge in [-0.2, -0.15) is 0 Å². The van der Waals surface area contributed by atoms with Crippen LogP contribution in [0.25, 0.3) is 0 Å². The van der Waals surface area contributed by atoms with Crippen molar-refractivity contribution < 1.29 is 0 Å². The summed E-state index contributed by atoms with van der Waals surface area (Å²) in [5.41, 5.74) is 10.1. The van der Waals surface area contributed by atoms with Gasteiger partial charge in [-0.3, -0.25) is 0 Å². The van der Waals surface area contributed by atoms with Gasteiger partial charge in [0.15, 0.2) is 0 Å². The molecule has 94 valence electrons. The third-order valence-corrected chi connectivity index (χ3v) is 4.18. The second-order valence-corrected chi connectivity index (χ2v) is 5.31. The Hall–Kier alpha value is -1.02. The van der Waals surface area contributed by atoms with Crippen LogP contribution in [0, 0.1) is 19.8 Å². The summed E-state index contributed by atoms with van der Waals surface area (Å²) in [6, 6.07) is 7.12. The number of para-hydroxylation sites is 1. The minimum atomic E-state index is 0.563. The van der Waals surface area contributed by atoms with Crippen LogP contribution in [0.15, 0.2) is 18.2 Å². The van der Waals surface area contributed by atoms with Crippen LogP contribution >= 0.6 is 0 Å². The number of hydrogen-bond donors (Lipinski definition) is 1. The third-order valence-electron chi connectivity index (χ3n) is 4.18. The molecule has 0 amide bonds. The normalized spacial score (nSPS) is 25.1. The Labute approximate surface area is 105 Å². The number of nitrogens with zero attached hydrogens (tertiary/aromatic N) is 1. The molecule has 17 heavy (non-hydrogen) atoms. The zero-order chi connectivity index (χ0) is 12.4. The van der Waals surface area contributed by atoms with Crippen LogP contribution in [0.5, 0.6) is 0 Å². The topological polar surface area (TPSA) is 29.3 Å². The summed E-state index contributed by atoms with van der Waals surface area (Å²) < 4.78 is 0. The Kier molecular flexibility index (Phi) is 3.72. The van der Waals surface area contributed by atoms with Gasteiger partial charge in [-0.05, 0) is 57.2 Å². The molecule has 0 aliphatic carbocycles. The zero-order valence-corrected chi connectivity index (χ0v) is 11.2. The van der Waals surface area contributed by atoms with Gasteiger partial charge in [-0.25, -0.2) is 0 Å². The number of piperidine rings is 1. The van der Waals surface area contributed by atoms with Gasteiger partial charge >= 0.3 is 0 Å². The summed E-state index contributed by atoms with van der Waals surface area (Å²) >= 11 is 0. The molecule has 0 saturated carbocycles. The highest BCUT2D eigenvalue weighted by Crippen LogP contribution is 2.32. The fraction of sp³-hybridized carbons (Fsp3) is 0.600. The molecule has 2 nitrogen and oxygen atoms in total. The van der Waals surface area contributed by atoms with Gasteiger partial charge in [-0.15, -0.1) is 0 Å². The molecule has 2 atom stereocenters. The summed E-state index contributed by atoms with van der Waals surface area (Å²) in [6.07, 6.45) is 2.54. The van der Waals surface area contributed by atoms with E-state index in [2.05, 4.69) is 43.9 Å². The van der Waals surface area contributed by atoms with E-state index in [0.29, 0.717) is 12.0 Å². The van der Waals surface area contributed by atoms with Gasteiger partial charge in [0.1, 0.15) is 0 Å². The lowest BCUT2D eigenvalue weighted by atomic mass is 9.89. The van der Waals surface area contributed by atoms with Gasteiger partial charge in [0, 0.05) is 18.3 Å². The third kappa shape index (κ3) is 2.32. The van der Waals surface area contributed by atoms with E-state index in [1.807, 2.05) is 0 Å². The highest BCUT2D eigenvalue weighted by atomic mass is 15.2. The van der Waals surface area contributed by atoms with Gasteiger partial charge in [0.2, 0.25) is 0 Å². The Balaban J connectivity index is 2.32. The van der Waals surface area contributed by atoms with Crippen LogP contribution in [0.2, 0.25) is 0 Å². The highest BCUT2D eigenvalue weighted by Gasteiger charge is 2.28. The highest BCUT2D eigenvalue weighted by molar-refractivity contribution is 5.59. The summed E-state index contributed by atoms with van der Waals surface area (Å²) in [7, 11) is 0. The molecule has 1 aromatic carbocycles. The van der Waals surface area contributed by atoms with Crippen molar-refractivity contribution in [3.63, 3.8) is 0 Å². The molecule has 0 radical (unpaired) electrons. The molecule has 2 rings (SSSR count). The number of nitrogens with two attached hydrogens (primary N) is 1. The molecule has 1 heterocycles. The van der Waals surface area contributed by atoms with Crippen molar-refractivity contribution in [3.8, 4) is 0 Å². The first-order chi connectivity index (χ1) is 8.15. The standard InChI is InChI=1S/C15H24N2/c1-11-6-4-7-12(2)15(11)17-9-5-8-14(10-16)13(17)3/h4,6-7,13-14H,5,8-10,16H2,1-3H3/t13-,14-/m1/s1. The quantitative estimate of drug-likeness (QED) is 0.849. The summed E-state index contributed by atoms with van der Waals surface area (Å²) in [4.78, 5) is 2.56. The summed E-state index contributed by atoms with van der Waals surface area (Å²) in [5.74, 6) is 0.641. The Bertz CT molecular complexity index is 366. The fourth-order valence-electron chi connectivity index (χ4n) is 3.11. The predicted molar refractivity (Wildman–Crippen MR) is 74.5 cm³/mol. The van der Waals surface area contributed by atoms with Gasteiger partial charge in [0.25, 0.3) is 0 Å². The van der Waals surface area contributed by atoms with Crippen LogP contribution in [-0.4, -0.2) is 19.1 Å².